The first kappa shape index (κ1) is 19.6. The number of Topliss-reactive ketones (excluding diaryl/α,β-unsaturated/α-hetero) is 2. The number of ketones is 2. The maximum absolute atomic E-state index is 12.8. The number of esters is 2. The van der Waals surface area contributed by atoms with Crippen LogP contribution in [0.1, 0.15) is 78.8 Å². The van der Waals surface area contributed by atoms with Crippen LogP contribution in [0.25, 0.3) is 0 Å². The second kappa shape index (κ2) is 7.46. The van der Waals surface area contributed by atoms with Gasteiger partial charge in [-0.3, -0.25) is 9.59 Å². The molecule has 0 saturated heterocycles. The number of methoxy groups -OCH3 is 1. The lowest BCUT2D eigenvalue weighted by Gasteiger charge is -2.07. The van der Waals surface area contributed by atoms with E-state index in [1.807, 2.05) is 4.57 Å². The number of aromatic nitrogens is 2. The van der Waals surface area contributed by atoms with Crippen LogP contribution in [0.4, 0.5) is 0 Å². The standard InChI is InChI=1S/C20H22N2O6/c1-10-17(18(20(26)27-4)11(2)22(10)14-5-6-14)16(24)9-28-19(25)15-7-13(8-21-15)12(3)23/h7-8,14,21H,5-6,9H2,1-4H3. The van der Waals surface area contributed by atoms with E-state index in [0.717, 1.165) is 12.8 Å². The van der Waals surface area contributed by atoms with Gasteiger partial charge in [-0.1, -0.05) is 0 Å². The van der Waals surface area contributed by atoms with Gasteiger partial charge in [0.05, 0.1) is 18.2 Å². The predicted molar refractivity (Wildman–Crippen MR) is 98.9 cm³/mol. The molecule has 148 valence electrons. The topological polar surface area (TPSA) is 107 Å². The summed E-state index contributed by atoms with van der Waals surface area (Å²) in [7, 11) is 1.26. The lowest BCUT2D eigenvalue weighted by molar-refractivity contribution is 0.0468. The minimum Gasteiger partial charge on any atom is -0.465 e. The Kier molecular flexibility index (Phi) is 5.22. The molecule has 28 heavy (non-hydrogen) atoms. The van der Waals surface area contributed by atoms with Gasteiger partial charge < -0.3 is 19.0 Å². The summed E-state index contributed by atoms with van der Waals surface area (Å²) in [6, 6.07) is 1.64. The molecule has 3 rings (SSSR count). The van der Waals surface area contributed by atoms with Crippen LogP contribution in [0.2, 0.25) is 0 Å². The van der Waals surface area contributed by atoms with E-state index in [1.54, 1.807) is 13.8 Å². The highest BCUT2D eigenvalue weighted by Crippen LogP contribution is 2.40. The number of H-pyrrole nitrogens is 1. The van der Waals surface area contributed by atoms with E-state index in [2.05, 4.69) is 4.98 Å². The predicted octanol–water partition coefficient (Wildman–Crippen LogP) is 2.80. The summed E-state index contributed by atoms with van der Waals surface area (Å²) in [5.74, 6) is -2.02. The molecular formula is C20H22N2O6. The number of nitrogens with one attached hydrogen (secondary N) is 1. The third-order valence-corrected chi connectivity index (χ3v) is 4.92. The molecule has 0 spiro atoms. The lowest BCUT2D eigenvalue weighted by atomic mass is 10.1. The van der Waals surface area contributed by atoms with E-state index in [-0.39, 0.29) is 28.6 Å². The van der Waals surface area contributed by atoms with Crippen molar-refractivity contribution in [3.8, 4) is 0 Å². The Labute approximate surface area is 161 Å². The molecule has 1 fully saturated rings. The normalized spacial score (nSPS) is 13.3. The second-order valence-electron chi connectivity index (χ2n) is 6.87. The van der Waals surface area contributed by atoms with Gasteiger partial charge in [-0.05, 0) is 39.7 Å². The largest absolute Gasteiger partial charge is 0.465 e. The molecule has 0 amide bonds. The van der Waals surface area contributed by atoms with Crippen LogP contribution in [-0.4, -0.2) is 46.8 Å². The monoisotopic (exact) mass is 386 g/mol. The van der Waals surface area contributed by atoms with Crippen LogP contribution in [0.3, 0.4) is 0 Å². The quantitative estimate of drug-likeness (QED) is 0.579. The first-order valence-corrected chi connectivity index (χ1v) is 8.95. The Bertz CT molecular complexity index is 977. The smallest absolute Gasteiger partial charge is 0.355 e. The number of ether oxygens (including phenoxy) is 2. The van der Waals surface area contributed by atoms with Crippen molar-refractivity contribution in [2.45, 2.75) is 39.7 Å². The Morgan fingerprint density at radius 1 is 1.11 bits per heavy atom. The molecule has 0 aromatic carbocycles. The average molecular weight is 386 g/mol. The van der Waals surface area contributed by atoms with Gasteiger partial charge in [0.15, 0.2) is 12.4 Å². The molecule has 0 radical (unpaired) electrons. The maximum atomic E-state index is 12.8. The fraction of sp³-hybridized carbons (Fsp3) is 0.400. The van der Waals surface area contributed by atoms with Gasteiger partial charge in [0, 0.05) is 29.2 Å². The van der Waals surface area contributed by atoms with E-state index < -0.39 is 24.3 Å². The molecule has 1 N–H and O–H groups in total. The molecule has 0 unspecified atom stereocenters. The van der Waals surface area contributed by atoms with Crippen molar-refractivity contribution in [1.29, 1.82) is 0 Å². The summed E-state index contributed by atoms with van der Waals surface area (Å²) in [6.07, 6.45) is 3.38. The van der Waals surface area contributed by atoms with Crippen molar-refractivity contribution in [2.24, 2.45) is 0 Å². The van der Waals surface area contributed by atoms with Gasteiger partial charge in [-0.15, -0.1) is 0 Å². The number of rotatable bonds is 7. The highest BCUT2D eigenvalue weighted by atomic mass is 16.5. The van der Waals surface area contributed by atoms with Crippen molar-refractivity contribution < 1.29 is 28.7 Å². The molecule has 1 aliphatic carbocycles. The van der Waals surface area contributed by atoms with Crippen LogP contribution in [0, 0.1) is 13.8 Å². The molecule has 2 heterocycles. The molecular weight excluding hydrogens is 364 g/mol. The zero-order valence-electron chi connectivity index (χ0n) is 16.3. The summed E-state index contributed by atoms with van der Waals surface area (Å²) in [5, 5.41) is 0. The lowest BCUT2D eigenvalue weighted by Crippen LogP contribution is -2.18. The number of carbonyl (C=O) groups excluding carboxylic acids is 4. The fourth-order valence-corrected chi connectivity index (χ4v) is 3.42. The number of nitrogens with zero attached hydrogens (tertiary/aromatic N) is 1. The molecule has 1 aliphatic rings. The average Bonchev–Trinajstić information content (AvgIpc) is 3.28. The van der Waals surface area contributed by atoms with E-state index in [0.29, 0.717) is 17.0 Å². The Hall–Kier alpha value is -3.16. The van der Waals surface area contributed by atoms with Crippen LogP contribution >= 0.6 is 0 Å². The molecule has 8 nitrogen and oxygen atoms in total. The number of aromatic amines is 1. The van der Waals surface area contributed by atoms with Gasteiger partial charge in [0.2, 0.25) is 5.78 Å². The van der Waals surface area contributed by atoms with Gasteiger partial charge in [-0.2, -0.15) is 0 Å². The SMILES string of the molecule is COC(=O)c1c(C(=O)COC(=O)c2cc(C(C)=O)c[nH]2)c(C)n(C2CC2)c1C. The van der Waals surface area contributed by atoms with Gasteiger partial charge >= 0.3 is 11.9 Å². The number of hydrogen-bond acceptors (Lipinski definition) is 6. The van der Waals surface area contributed by atoms with Crippen molar-refractivity contribution >= 4 is 23.5 Å². The second-order valence-corrected chi connectivity index (χ2v) is 6.87. The van der Waals surface area contributed by atoms with Crippen molar-refractivity contribution in [1.82, 2.24) is 9.55 Å². The molecule has 2 aromatic rings. The molecule has 2 aromatic heterocycles. The third kappa shape index (κ3) is 3.49. The summed E-state index contributed by atoms with van der Waals surface area (Å²) in [6.45, 7) is 4.41. The highest BCUT2D eigenvalue weighted by Gasteiger charge is 2.34. The molecule has 0 atom stereocenters. The molecule has 0 bridgehead atoms. The molecule has 1 saturated carbocycles. The number of carbonyl (C=O) groups is 4. The summed E-state index contributed by atoms with van der Waals surface area (Å²) in [4.78, 5) is 51.2. The first-order valence-electron chi connectivity index (χ1n) is 8.95. The van der Waals surface area contributed by atoms with Crippen LogP contribution < -0.4 is 0 Å². The van der Waals surface area contributed by atoms with Gasteiger partial charge in [0.1, 0.15) is 5.69 Å². The minimum absolute atomic E-state index is 0.0784. The van der Waals surface area contributed by atoms with Crippen LogP contribution in [0.15, 0.2) is 12.3 Å². The van der Waals surface area contributed by atoms with Crippen LogP contribution in [0.5, 0.6) is 0 Å². The van der Waals surface area contributed by atoms with E-state index in [4.69, 9.17) is 9.47 Å². The number of hydrogen-bond donors (Lipinski definition) is 1. The fourth-order valence-electron chi connectivity index (χ4n) is 3.42. The Morgan fingerprint density at radius 3 is 2.29 bits per heavy atom. The summed E-state index contributed by atoms with van der Waals surface area (Å²) >= 11 is 0. The van der Waals surface area contributed by atoms with E-state index in [1.165, 1.54) is 26.3 Å². The van der Waals surface area contributed by atoms with Crippen molar-refractivity contribution in [3.63, 3.8) is 0 Å². The zero-order valence-corrected chi connectivity index (χ0v) is 16.3. The third-order valence-electron chi connectivity index (χ3n) is 4.92. The van der Waals surface area contributed by atoms with E-state index >= 15 is 0 Å². The van der Waals surface area contributed by atoms with Crippen molar-refractivity contribution in [3.05, 3.63) is 46.0 Å². The van der Waals surface area contributed by atoms with Crippen LogP contribution in [-0.2, 0) is 9.47 Å². The minimum atomic E-state index is -0.753. The first-order chi connectivity index (χ1) is 13.3. The zero-order chi connectivity index (χ0) is 20.6. The Morgan fingerprint density at radius 2 is 1.75 bits per heavy atom. The van der Waals surface area contributed by atoms with Gasteiger partial charge in [-0.25, -0.2) is 9.59 Å². The summed E-state index contributed by atoms with van der Waals surface area (Å²) < 4.78 is 11.9. The highest BCUT2D eigenvalue weighted by molar-refractivity contribution is 6.09. The molecule has 8 heteroatoms. The Balaban J connectivity index is 1.82. The molecule has 0 aliphatic heterocycles. The van der Waals surface area contributed by atoms with Crippen molar-refractivity contribution in [2.75, 3.05) is 13.7 Å². The van der Waals surface area contributed by atoms with E-state index in [9.17, 15) is 19.2 Å². The summed E-state index contributed by atoms with van der Waals surface area (Å²) in [5.41, 5.74) is 2.21. The maximum Gasteiger partial charge on any atom is 0.355 e. The van der Waals surface area contributed by atoms with Gasteiger partial charge in [0.25, 0.3) is 0 Å².